The summed E-state index contributed by atoms with van der Waals surface area (Å²) in [7, 11) is 0. The molecule has 0 saturated heterocycles. The van der Waals surface area contributed by atoms with E-state index in [1.165, 1.54) is 0 Å². The number of rotatable bonds is 12. The molecule has 0 aromatic rings. The second kappa shape index (κ2) is 8.48. The highest BCUT2D eigenvalue weighted by atomic mass is 19.3. The SMILES string of the molecule is CCCCCC(F)(F)C(F)(F)OC(F)(F)C(F)(F)CCCCC. The van der Waals surface area contributed by atoms with Crippen LogP contribution in [0.15, 0.2) is 0 Å². The fourth-order valence-corrected chi connectivity index (χ4v) is 1.80. The summed E-state index contributed by atoms with van der Waals surface area (Å²) in [6.07, 6.45) is -13.7. The molecule has 23 heavy (non-hydrogen) atoms. The summed E-state index contributed by atoms with van der Waals surface area (Å²) >= 11 is 0. The van der Waals surface area contributed by atoms with E-state index in [2.05, 4.69) is 4.74 Å². The molecule has 0 spiro atoms. The van der Waals surface area contributed by atoms with Crippen molar-refractivity contribution in [2.45, 2.75) is 89.3 Å². The van der Waals surface area contributed by atoms with Crippen molar-refractivity contribution in [2.75, 3.05) is 0 Å². The van der Waals surface area contributed by atoms with Gasteiger partial charge in [0.05, 0.1) is 0 Å². The minimum Gasteiger partial charge on any atom is -0.246 e. The molecule has 0 aliphatic rings. The van der Waals surface area contributed by atoms with Gasteiger partial charge >= 0.3 is 24.1 Å². The Bertz CT molecular complexity index is 312. The van der Waals surface area contributed by atoms with Crippen molar-refractivity contribution < 1.29 is 39.9 Å². The third-order valence-corrected chi connectivity index (χ3v) is 3.30. The first-order valence-corrected chi connectivity index (χ1v) is 7.54. The van der Waals surface area contributed by atoms with Crippen molar-refractivity contribution in [3.63, 3.8) is 0 Å². The zero-order valence-electron chi connectivity index (χ0n) is 13.1. The van der Waals surface area contributed by atoms with Crippen LogP contribution in [0.3, 0.4) is 0 Å². The summed E-state index contributed by atoms with van der Waals surface area (Å²) in [4.78, 5) is 0. The fraction of sp³-hybridized carbons (Fsp3) is 1.00. The maximum absolute atomic E-state index is 13.3. The van der Waals surface area contributed by atoms with Crippen LogP contribution in [0.1, 0.15) is 65.2 Å². The highest BCUT2D eigenvalue weighted by Crippen LogP contribution is 2.47. The molecule has 0 aromatic carbocycles. The zero-order valence-corrected chi connectivity index (χ0v) is 13.1. The Morgan fingerprint density at radius 3 is 1.13 bits per heavy atom. The summed E-state index contributed by atoms with van der Waals surface area (Å²) in [5.74, 6) is -9.91. The maximum atomic E-state index is 13.3. The second-order valence-corrected chi connectivity index (χ2v) is 5.46. The van der Waals surface area contributed by atoms with Crippen molar-refractivity contribution >= 4 is 0 Å². The van der Waals surface area contributed by atoms with Crippen LogP contribution < -0.4 is 0 Å². The minimum atomic E-state index is -5.68. The number of hydrogen-bond donors (Lipinski definition) is 0. The number of alkyl halides is 8. The molecule has 0 atom stereocenters. The van der Waals surface area contributed by atoms with Gasteiger partial charge in [0.25, 0.3) is 0 Å². The van der Waals surface area contributed by atoms with E-state index >= 15 is 0 Å². The van der Waals surface area contributed by atoms with Gasteiger partial charge in [0, 0.05) is 12.8 Å². The van der Waals surface area contributed by atoms with Crippen LogP contribution in [0.25, 0.3) is 0 Å². The lowest BCUT2D eigenvalue weighted by molar-refractivity contribution is -0.468. The molecule has 0 N–H and O–H groups in total. The molecule has 0 unspecified atom stereocenters. The smallest absolute Gasteiger partial charge is 0.246 e. The highest BCUT2D eigenvalue weighted by Gasteiger charge is 2.68. The van der Waals surface area contributed by atoms with Crippen molar-refractivity contribution in [1.29, 1.82) is 0 Å². The Morgan fingerprint density at radius 2 is 0.870 bits per heavy atom. The molecular weight excluding hydrogens is 336 g/mol. The van der Waals surface area contributed by atoms with Gasteiger partial charge in [-0.15, -0.1) is 0 Å². The van der Waals surface area contributed by atoms with Crippen molar-refractivity contribution in [1.82, 2.24) is 0 Å². The molecule has 0 radical (unpaired) electrons. The number of unbranched alkanes of at least 4 members (excludes halogenated alkanes) is 4. The molecule has 0 heterocycles. The maximum Gasteiger partial charge on any atom is 0.423 e. The number of hydrogen-bond acceptors (Lipinski definition) is 1. The second-order valence-electron chi connectivity index (χ2n) is 5.46. The van der Waals surface area contributed by atoms with Crippen molar-refractivity contribution in [3.05, 3.63) is 0 Å². The molecule has 0 aliphatic heterocycles. The van der Waals surface area contributed by atoms with E-state index in [1.54, 1.807) is 13.8 Å². The standard InChI is InChI=1S/C14H22F8O/c1-3-5-7-9-11(15,16)13(19,20)23-14(21,22)12(17,18)10-8-6-4-2/h3-10H2,1-2H3. The first-order valence-electron chi connectivity index (χ1n) is 7.54. The molecule has 0 saturated carbocycles. The van der Waals surface area contributed by atoms with Crippen LogP contribution in [0.4, 0.5) is 35.1 Å². The van der Waals surface area contributed by atoms with Gasteiger partial charge in [0.2, 0.25) is 0 Å². The first-order chi connectivity index (χ1) is 10.3. The van der Waals surface area contributed by atoms with Crippen LogP contribution in [-0.2, 0) is 4.74 Å². The lowest BCUT2D eigenvalue weighted by atomic mass is 10.1. The molecule has 0 fully saturated rings. The molecule has 9 heteroatoms. The Hall–Kier alpha value is -0.600. The van der Waals surface area contributed by atoms with Gasteiger partial charge < -0.3 is 0 Å². The predicted molar refractivity (Wildman–Crippen MR) is 69.2 cm³/mol. The van der Waals surface area contributed by atoms with Crippen LogP contribution in [0, 0.1) is 0 Å². The molecule has 140 valence electrons. The molecular formula is C14H22F8O. The van der Waals surface area contributed by atoms with Crippen LogP contribution in [0.2, 0.25) is 0 Å². The van der Waals surface area contributed by atoms with E-state index < -0.39 is 36.9 Å². The van der Waals surface area contributed by atoms with Gasteiger partial charge in [-0.25, -0.2) is 4.74 Å². The summed E-state index contributed by atoms with van der Waals surface area (Å²) in [5, 5.41) is 0. The van der Waals surface area contributed by atoms with E-state index in [0.29, 0.717) is 12.8 Å². The summed E-state index contributed by atoms with van der Waals surface area (Å²) in [6.45, 7) is 3.25. The molecule has 0 rings (SSSR count). The summed E-state index contributed by atoms with van der Waals surface area (Å²) in [5.41, 5.74) is 0. The molecule has 0 aliphatic carbocycles. The van der Waals surface area contributed by atoms with Gasteiger partial charge in [0.1, 0.15) is 0 Å². The van der Waals surface area contributed by atoms with Crippen LogP contribution in [0.5, 0.6) is 0 Å². The Morgan fingerprint density at radius 1 is 0.565 bits per heavy atom. The average molecular weight is 358 g/mol. The van der Waals surface area contributed by atoms with E-state index in [4.69, 9.17) is 0 Å². The van der Waals surface area contributed by atoms with E-state index in [9.17, 15) is 35.1 Å². The molecule has 0 amide bonds. The van der Waals surface area contributed by atoms with E-state index in [0.717, 1.165) is 0 Å². The predicted octanol–water partition coefficient (Wildman–Crippen LogP) is 6.62. The van der Waals surface area contributed by atoms with Crippen molar-refractivity contribution in [3.8, 4) is 0 Å². The number of ether oxygens (including phenoxy) is 1. The third kappa shape index (κ3) is 6.43. The third-order valence-electron chi connectivity index (χ3n) is 3.30. The highest BCUT2D eigenvalue weighted by molar-refractivity contribution is 4.83. The minimum absolute atomic E-state index is 0.176. The topological polar surface area (TPSA) is 9.23 Å². The van der Waals surface area contributed by atoms with Gasteiger partial charge in [-0.2, -0.15) is 35.1 Å². The van der Waals surface area contributed by atoms with E-state index in [-0.39, 0.29) is 25.7 Å². The first kappa shape index (κ1) is 22.4. The monoisotopic (exact) mass is 358 g/mol. The lowest BCUT2D eigenvalue weighted by Gasteiger charge is -2.33. The van der Waals surface area contributed by atoms with Gasteiger partial charge in [-0.05, 0) is 12.8 Å². The molecule has 1 nitrogen and oxygen atoms in total. The zero-order chi connectivity index (χ0) is 18.4. The summed E-state index contributed by atoms with van der Waals surface area (Å²) in [6, 6.07) is 0. The summed E-state index contributed by atoms with van der Waals surface area (Å²) < 4.78 is 109. The quantitative estimate of drug-likeness (QED) is 0.281. The normalized spacial score (nSPS) is 14.3. The van der Waals surface area contributed by atoms with Gasteiger partial charge in [0.15, 0.2) is 0 Å². The van der Waals surface area contributed by atoms with Gasteiger partial charge in [-0.1, -0.05) is 39.5 Å². The number of halogens is 8. The van der Waals surface area contributed by atoms with Crippen LogP contribution >= 0.6 is 0 Å². The van der Waals surface area contributed by atoms with Crippen molar-refractivity contribution in [2.24, 2.45) is 0 Å². The lowest BCUT2D eigenvalue weighted by Crippen LogP contribution is -2.53. The Labute approximate surface area is 130 Å². The molecule has 0 bridgehead atoms. The fourth-order valence-electron chi connectivity index (χ4n) is 1.80. The average Bonchev–Trinajstić information content (AvgIpc) is 2.37. The Balaban J connectivity index is 4.94. The molecule has 0 aromatic heterocycles. The van der Waals surface area contributed by atoms with E-state index in [1.807, 2.05) is 0 Å². The van der Waals surface area contributed by atoms with Crippen LogP contribution in [-0.4, -0.2) is 24.1 Å². The van der Waals surface area contributed by atoms with Gasteiger partial charge in [-0.3, -0.25) is 0 Å². The largest absolute Gasteiger partial charge is 0.423 e. The Kier molecular flexibility index (Phi) is 8.26.